The van der Waals surface area contributed by atoms with E-state index >= 15 is 0 Å². The molecule has 0 atom stereocenters. The summed E-state index contributed by atoms with van der Waals surface area (Å²) in [5.74, 6) is 0.139. The van der Waals surface area contributed by atoms with Gasteiger partial charge < -0.3 is 15.5 Å². The lowest BCUT2D eigenvalue weighted by atomic mass is 10.1. The van der Waals surface area contributed by atoms with E-state index < -0.39 is 0 Å². The molecule has 2 aliphatic heterocycles. The van der Waals surface area contributed by atoms with Gasteiger partial charge in [-0.2, -0.15) is 0 Å². The number of piperidine rings is 1. The van der Waals surface area contributed by atoms with Gasteiger partial charge in [-0.05, 0) is 37.6 Å². The highest BCUT2D eigenvalue weighted by Gasteiger charge is 2.25. The summed E-state index contributed by atoms with van der Waals surface area (Å²) in [6.07, 6.45) is 2.08. The third-order valence-corrected chi connectivity index (χ3v) is 4.73. The van der Waals surface area contributed by atoms with Crippen molar-refractivity contribution in [2.45, 2.75) is 19.4 Å². The fraction of sp³-hybridized carbons (Fsp3) is 0.471. The number of rotatable bonds is 5. The molecule has 1 aromatic rings. The van der Waals surface area contributed by atoms with Gasteiger partial charge in [0.15, 0.2) is 0 Å². The van der Waals surface area contributed by atoms with E-state index in [0.717, 1.165) is 55.2 Å². The maximum absolute atomic E-state index is 12.2. The predicted octanol–water partition coefficient (Wildman–Crippen LogP) is 2.11. The topological polar surface area (TPSA) is 44.4 Å². The standard InChI is InChI=1S/C17H22ClN3O/c18-16(13-5-7-19-8-6-13)11-20-9-10-21-12-14-3-1-2-4-15(14)17(21)22/h1-4,19-20H,5-12H2. The van der Waals surface area contributed by atoms with Crippen LogP contribution in [0.2, 0.25) is 0 Å². The Hall–Kier alpha value is -1.36. The Balaban J connectivity index is 1.44. The third-order valence-electron chi connectivity index (χ3n) is 4.33. The fourth-order valence-corrected chi connectivity index (χ4v) is 3.32. The Labute approximate surface area is 136 Å². The molecule has 2 N–H and O–H groups in total. The van der Waals surface area contributed by atoms with Gasteiger partial charge in [0.2, 0.25) is 0 Å². The van der Waals surface area contributed by atoms with Crippen molar-refractivity contribution in [2.75, 3.05) is 32.7 Å². The molecule has 0 spiro atoms. The summed E-state index contributed by atoms with van der Waals surface area (Å²) in [4.78, 5) is 14.1. The zero-order chi connectivity index (χ0) is 15.4. The van der Waals surface area contributed by atoms with Crippen molar-refractivity contribution in [3.05, 3.63) is 46.0 Å². The van der Waals surface area contributed by atoms with Crippen molar-refractivity contribution in [2.24, 2.45) is 0 Å². The monoisotopic (exact) mass is 319 g/mol. The lowest BCUT2D eigenvalue weighted by Gasteiger charge is -2.18. The normalized spacial score (nSPS) is 17.8. The average Bonchev–Trinajstić information content (AvgIpc) is 2.89. The minimum absolute atomic E-state index is 0.139. The van der Waals surface area contributed by atoms with Gasteiger partial charge in [0, 0.05) is 36.8 Å². The van der Waals surface area contributed by atoms with Crippen LogP contribution in [0, 0.1) is 0 Å². The Bertz CT molecular complexity index is 577. The first kappa shape index (κ1) is 15.5. The van der Waals surface area contributed by atoms with Crippen molar-refractivity contribution in [3.8, 4) is 0 Å². The van der Waals surface area contributed by atoms with Gasteiger partial charge in [-0.15, -0.1) is 0 Å². The number of amides is 1. The van der Waals surface area contributed by atoms with Gasteiger partial charge in [-0.3, -0.25) is 4.79 Å². The number of fused-ring (bicyclic) bond motifs is 1. The minimum Gasteiger partial charge on any atom is -0.333 e. The van der Waals surface area contributed by atoms with Gasteiger partial charge in [0.05, 0.1) is 0 Å². The highest BCUT2D eigenvalue weighted by molar-refractivity contribution is 6.30. The zero-order valence-electron chi connectivity index (χ0n) is 12.7. The maximum atomic E-state index is 12.2. The van der Waals surface area contributed by atoms with Crippen molar-refractivity contribution in [3.63, 3.8) is 0 Å². The third kappa shape index (κ3) is 3.51. The first-order valence-corrected chi connectivity index (χ1v) is 8.28. The second-order valence-electron chi connectivity index (χ2n) is 5.82. The molecule has 3 rings (SSSR count). The quantitative estimate of drug-likeness (QED) is 0.817. The van der Waals surface area contributed by atoms with Crippen molar-refractivity contribution >= 4 is 17.5 Å². The molecule has 1 saturated heterocycles. The molecule has 4 nitrogen and oxygen atoms in total. The summed E-state index contributed by atoms with van der Waals surface area (Å²) < 4.78 is 0. The van der Waals surface area contributed by atoms with Crippen LogP contribution in [0.1, 0.15) is 28.8 Å². The number of halogens is 1. The first-order chi connectivity index (χ1) is 10.8. The van der Waals surface area contributed by atoms with E-state index in [2.05, 4.69) is 10.6 Å². The highest BCUT2D eigenvalue weighted by atomic mass is 35.5. The smallest absolute Gasteiger partial charge is 0.254 e. The molecule has 2 aliphatic rings. The van der Waals surface area contributed by atoms with Crippen molar-refractivity contribution < 1.29 is 4.79 Å². The summed E-state index contributed by atoms with van der Waals surface area (Å²) in [5, 5.41) is 7.62. The molecule has 0 bridgehead atoms. The number of benzene rings is 1. The van der Waals surface area contributed by atoms with Crippen LogP contribution >= 0.6 is 11.6 Å². The summed E-state index contributed by atoms with van der Waals surface area (Å²) >= 11 is 6.37. The summed E-state index contributed by atoms with van der Waals surface area (Å²) in [6, 6.07) is 7.84. The Morgan fingerprint density at radius 3 is 2.82 bits per heavy atom. The Kier molecular flexibility index (Phi) is 5.13. The molecule has 0 unspecified atom stereocenters. The molecular formula is C17H22ClN3O. The van der Waals surface area contributed by atoms with E-state index in [4.69, 9.17) is 11.6 Å². The van der Waals surface area contributed by atoms with Gasteiger partial charge in [-0.1, -0.05) is 35.4 Å². The van der Waals surface area contributed by atoms with Crippen molar-refractivity contribution in [1.29, 1.82) is 0 Å². The number of carbonyl (C=O) groups is 1. The van der Waals surface area contributed by atoms with Gasteiger partial charge in [-0.25, -0.2) is 0 Å². The summed E-state index contributed by atoms with van der Waals surface area (Å²) in [6.45, 7) is 4.94. The molecule has 5 heteroatoms. The zero-order valence-corrected chi connectivity index (χ0v) is 13.5. The van der Waals surface area contributed by atoms with Crippen LogP contribution in [-0.2, 0) is 6.54 Å². The molecule has 22 heavy (non-hydrogen) atoms. The number of nitrogens with one attached hydrogen (secondary N) is 2. The molecule has 1 amide bonds. The second kappa shape index (κ2) is 7.27. The van der Waals surface area contributed by atoms with Crippen LogP contribution in [0.15, 0.2) is 34.9 Å². The number of hydrogen-bond acceptors (Lipinski definition) is 3. The molecule has 0 radical (unpaired) electrons. The lowest BCUT2D eigenvalue weighted by molar-refractivity contribution is 0.0780. The summed E-state index contributed by atoms with van der Waals surface area (Å²) in [5.41, 5.74) is 3.33. The molecule has 0 aliphatic carbocycles. The average molecular weight is 320 g/mol. The molecule has 118 valence electrons. The highest BCUT2D eigenvalue weighted by Crippen LogP contribution is 2.21. The Morgan fingerprint density at radius 2 is 2.05 bits per heavy atom. The minimum atomic E-state index is 0.139. The number of hydrogen-bond donors (Lipinski definition) is 2. The second-order valence-corrected chi connectivity index (χ2v) is 6.28. The van der Waals surface area contributed by atoms with Crippen LogP contribution < -0.4 is 10.6 Å². The van der Waals surface area contributed by atoms with E-state index in [9.17, 15) is 4.79 Å². The number of carbonyl (C=O) groups excluding carboxylic acids is 1. The van der Waals surface area contributed by atoms with Crippen LogP contribution in [0.5, 0.6) is 0 Å². The van der Waals surface area contributed by atoms with E-state index in [1.165, 1.54) is 5.57 Å². The first-order valence-electron chi connectivity index (χ1n) is 7.90. The van der Waals surface area contributed by atoms with Gasteiger partial charge in [0.25, 0.3) is 5.91 Å². The number of nitrogens with zero attached hydrogens (tertiary/aromatic N) is 1. The molecular weight excluding hydrogens is 298 g/mol. The predicted molar refractivity (Wildman–Crippen MR) is 89.0 cm³/mol. The molecule has 0 saturated carbocycles. The van der Waals surface area contributed by atoms with Crippen LogP contribution in [0.4, 0.5) is 0 Å². The van der Waals surface area contributed by atoms with Crippen LogP contribution in [0.25, 0.3) is 0 Å². The summed E-state index contributed by atoms with van der Waals surface area (Å²) in [7, 11) is 0. The Morgan fingerprint density at radius 1 is 1.27 bits per heavy atom. The van der Waals surface area contributed by atoms with Gasteiger partial charge in [0.1, 0.15) is 0 Å². The van der Waals surface area contributed by atoms with E-state index in [1.807, 2.05) is 29.2 Å². The van der Waals surface area contributed by atoms with E-state index in [-0.39, 0.29) is 5.91 Å². The van der Waals surface area contributed by atoms with Gasteiger partial charge >= 0.3 is 0 Å². The molecule has 1 aromatic carbocycles. The van der Waals surface area contributed by atoms with E-state index in [0.29, 0.717) is 13.1 Å². The SMILES string of the molecule is O=C1c2ccccc2CN1CCNCC(Cl)=C1CCNCC1. The van der Waals surface area contributed by atoms with E-state index in [1.54, 1.807) is 0 Å². The molecule has 0 aromatic heterocycles. The van der Waals surface area contributed by atoms with Crippen molar-refractivity contribution in [1.82, 2.24) is 15.5 Å². The molecule has 2 heterocycles. The lowest BCUT2D eigenvalue weighted by Crippen LogP contribution is -2.33. The maximum Gasteiger partial charge on any atom is 0.254 e. The van der Waals surface area contributed by atoms with Crippen LogP contribution in [-0.4, -0.2) is 43.5 Å². The fourth-order valence-electron chi connectivity index (χ4n) is 3.03. The molecule has 1 fully saturated rings. The largest absolute Gasteiger partial charge is 0.333 e. The van der Waals surface area contributed by atoms with Crippen LogP contribution in [0.3, 0.4) is 0 Å².